The molecule has 0 aliphatic carbocycles. The molecule has 0 aromatic heterocycles. The molecule has 1 heterocycles. The van der Waals surface area contributed by atoms with Gasteiger partial charge in [-0.15, -0.1) is 0 Å². The highest BCUT2D eigenvalue weighted by atomic mass is 14.8. The summed E-state index contributed by atoms with van der Waals surface area (Å²) in [6, 6.07) is 0. The average Bonchev–Trinajstić information content (AvgIpc) is 1.90. The highest BCUT2D eigenvalue weighted by molar-refractivity contribution is 5.19. The van der Waals surface area contributed by atoms with Crippen LogP contribution in [0.2, 0.25) is 0 Å². The molecule has 0 saturated heterocycles. The van der Waals surface area contributed by atoms with Gasteiger partial charge in [0.05, 0.1) is 0 Å². The number of allylic oxidation sites excluding steroid dienone is 2. The van der Waals surface area contributed by atoms with E-state index >= 15 is 0 Å². The highest BCUT2D eigenvalue weighted by Crippen LogP contribution is 2.09. The van der Waals surface area contributed by atoms with Crippen LogP contribution in [0, 0.1) is 5.92 Å². The first-order chi connectivity index (χ1) is 4.30. The fourth-order valence-corrected chi connectivity index (χ4v) is 0.872. The van der Waals surface area contributed by atoms with Crippen molar-refractivity contribution in [2.75, 3.05) is 6.54 Å². The zero-order valence-corrected chi connectivity index (χ0v) is 6.02. The van der Waals surface area contributed by atoms with Gasteiger partial charge in [0.1, 0.15) is 0 Å². The first-order valence-corrected chi connectivity index (χ1v) is 3.39. The van der Waals surface area contributed by atoms with Gasteiger partial charge in [-0.25, -0.2) is 0 Å². The van der Waals surface area contributed by atoms with E-state index in [0.29, 0.717) is 5.92 Å². The largest absolute Gasteiger partial charge is 0.387 e. The molecule has 0 aromatic rings. The van der Waals surface area contributed by atoms with Crippen molar-refractivity contribution in [2.45, 2.75) is 13.8 Å². The molecule has 0 fully saturated rings. The Morgan fingerprint density at radius 2 is 2.33 bits per heavy atom. The Balaban J connectivity index is 2.57. The third-order valence-corrected chi connectivity index (χ3v) is 1.57. The Morgan fingerprint density at radius 1 is 1.56 bits per heavy atom. The summed E-state index contributed by atoms with van der Waals surface area (Å²) in [4.78, 5) is 0. The van der Waals surface area contributed by atoms with Crippen molar-refractivity contribution < 1.29 is 0 Å². The molecule has 0 amide bonds. The molecule has 1 nitrogen and oxygen atoms in total. The van der Waals surface area contributed by atoms with Crippen LogP contribution in [0.5, 0.6) is 0 Å². The monoisotopic (exact) mass is 123 g/mol. The fourth-order valence-electron chi connectivity index (χ4n) is 0.872. The molecule has 0 saturated carbocycles. The first kappa shape index (κ1) is 6.40. The quantitative estimate of drug-likeness (QED) is 0.559. The Kier molecular flexibility index (Phi) is 1.93. The van der Waals surface area contributed by atoms with Gasteiger partial charge < -0.3 is 5.32 Å². The minimum atomic E-state index is 0.683. The van der Waals surface area contributed by atoms with Crippen LogP contribution in [0.1, 0.15) is 13.8 Å². The van der Waals surface area contributed by atoms with Crippen molar-refractivity contribution in [3.05, 3.63) is 23.9 Å². The molecule has 1 aliphatic heterocycles. The van der Waals surface area contributed by atoms with Crippen molar-refractivity contribution in [1.29, 1.82) is 0 Å². The maximum atomic E-state index is 3.17. The van der Waals surface area contributed by atoms with Gasteiger partial charge >= 0.3 is 0 Å². The molecular weight excluding hydrogens is 110 g/mol. The summed E-state index contributed by atoms with van der Waals surface area (Å²) in [7, 11) is 0. The van der Waals surface area contributed by atoms with E-state index in [-0.39, 0.29) is 0 Å². The summed E-state index contributed by atoms with van der Waals surface area (Å²) in [5.41, 5.74) is 1.48. The third-order valence-electron chi connectivity index (χ3n) is 1.57. The summed E-state index contributed by atoms with van der Waals surface area (Å²) in [6.45, 7) is 5.45. The maximum Gasteiger partial charge on any atom is 0.0360 e. The van der Waals surface area contributed by atoms with E-state index < -0.39 is 0 Å². The lowest BCUT2D eigenvalue weighted by Gasteiger charge is -2.13. The summed E-state index contributed by atoms with van der Waals surface area (Å²) in [5, 5.41) is 3.17. The maximum absolute atomic E-state index is 3.17. The Bertz CT molecular complexity index is 143. The molecule has 50 valence electrons. The SMILES string of the molecule is CC(C)C1=CC=CNC1. The predicted molar refractivity (Wildman–Crippen MR) is 40.1 cm³/mol. The summed E-state index contributed by atoms with van der Waals surface area (Å²) < 4.78 is 0. The normalized spacial score (nSPS) is 17.4. The van der Waals surface area contributed by atoms with Crippen molar-refractivity contribution in [3.63, 3.8) is 0 Å². The second kappa shape index (κ2) is 2.72. The van der Waals surface area contributed by atoms with E-state index in [1.807, 2.05) is 6.20 Å². The molecule has 0 spiro atoms. The van der Waals surface area contributed by atoms with Crippen LogP contribution in [0.15, 0.2) is 23.9 Å². The number of hydrogen-bond donors (Lipinski definition) is 1. The van der Waals surface area contributed by atoms with E-state index in [1.165, 1.54) is 5.57 Å². The molecule has 1 aliphatic rings. The topological polar surface area (TPSA) is 12.0 Å². The van der Waals surface area contributed by atoms with E-state index in [1.54, 1.807) is 0 Å². The smallest absolute Gasteiger partial charge is 0.0360 e. The molecule has 9 heavy (non-hydrogen) atoms. The van der Waals surface area contributed by atoms with Gasteiger partial charge in [0.25, 0.3) is 0 Å². The van der Waals surface area contributed by atoms with Crippen LogP contribution >= 0.6 is 0 Å². The van der Waals surface area contributed by atoms with Crippen molar-refractivity contribution in [3.8, 4) is 0 Å². The van der Waals surface area contributed by atoms with E-state index in [2.05, 4.69) is 31.3 Å². The van der Waals surface area contributed by atoms with Gasteiger partial charge in [0.15, 0.2) is 0 Å². The summed E-state index contributed by atoms with van der Waals surface area (Å²) in [6.07, 6.45) is 6.21. The first-order valence-electron chi connectivity index (χ1n) is 3.39. The molecule has 0 bridgehead atoms. The van der Waals surface area contributed by atoms with Gasteiger partial charge in [-0.3, -0.25) is 0 Å². The van der Waals surface area contributed by atoms with Crippen molar-refractivity contribution >= 4 is 0 Å². The molecule has 0 atom stereocenters. The second-order valence-electron chi connectivity index (χ2n) is 2.64. The fraction of sp³-hybridized carbons (Fsp3) is 0.500. The zero-order chi connectivity index (χ0) is 6.69. The number of hydrogen-bond acceptors (Lipinski definition) is 1. The van der Waals surface area contributed by atoms with Crippen LogP contribution < -0.4 is 5.32 Å². The lowest BCUT2D eigenvalue weighted by molar-refractivity contribution is 0.712. The van der Waals surface area contributed by atoms with Gasteiger partial charge in [-0.2, -0.15) is 0 Å². The minimum Gasteiger partial charge on any atom is -0.387 e. The zero-order valence-electron chi connectivity index (χ0n) is 6.02. The molecule has 0 aromatic carbocycles. The van der Waals surface area contributed by atoms with Crippen LogP contribution in [0.3, 0.4) is 0 Å². The number of rotatable bonds is 1. The molecule has 1 N–H and O–H groups in total. The van der Waals surface area contributed by atoms with Gasteiger partial charge in [0.2, 0.25) is 0 Å². The molecule has 0 unspecified atom stereocenters. The van der Waals surface area contributed by atoms with Crippen LogP contribution in [-0.4, -0.2) is 6.54 Å². The van der Waals surface area contributed by atoms with Gasteiger partial charge in [0, 0.05) is 6.54 Å². The van der Waals surface area contributed by atoms with Crippen LogP contribution in [-0.2, 0) is 0 Å². The Labute approximate surface area is 56.5 Å². The summed E-state index contributed by atoms with van der Waals surface area (Å²) in [5.74, 6) is 0.683. The average molecular weight is 123 g/mol. The number of nitrogens with one attached hydrogen (secondary N) is 1. The molecule has 0 radical (unpaired) electrons. The molecule has 1 heteroatoms. The van der Waals surface area contributed by atoms with E-state index in [9.17, 15) is 0 Å². The lowest BCUT2D eigenvalue weighted by atomic mass is 10.0. The van der Waals surface area contributed by atoms with E-state index in [4.69, 9.17) is 0 Å². The van der Waals surface area contributed by atoms with Crippen LogP contribution in [0.25, 0.3) is 0 Å². The number of dihydropyridines is 1. The molecule has 1 rings (SSSR count). The Hall–Kier alpha value is -0.720. The van der Waals surface area contributed by atoms with E-state index in [0.717, 1.165) is 6.54 Å². The van der Waals surface area contributed by atoms with Crippen LogP contribution in [0.4, 0.5) is 0 Å². The van der Waals surface area contributed by atoms with Crippen molar-refractivity contribution in [1.82, 2.24) is 5.32 Å². The second-order valence-corrected chi connectivity index (χ2v) is 2.64. The Morgan fingerprint density at radius 3 is 2.67 bits per heavy atom. The summed E-state index contributed by atoms with van der Waals surface area (Å²) >= 11 is 0. The lowest BCUT2D eigenvalue weighted by Crippen LogP contribution is -2.15. The third kappa shape index (κ3) is 1.60. The predicted octanol–water partition coefficient (Wildman–Crippen LogP) is 1.69. The standard InChI is InChI=1S/C8H13N/c1-7(2)8-4-3-5-9-6-8/h3-5,7,9H,6H2,1-2H3. The van der Waals surface area contributed by atoms with Gasteiger partial charge in [-0.1, -0.05) is 19.9 Å². The molecular formula is C8H13N. The van der Waals surface area contributed by atoms with Gasteiger partial charge in [-0.05, 0) is 23.8 Å². The van der Waals surface area contributed by atoms with Crippen molar-refractivity contribution in [2.24, 2.45) is 5.92 Å². The minimum absolute atomic E-state index is 0.683. The highest BCUT2D eigenvalue weighted by Gasteiger charge is 2.01.